The second-order valence-electron chi connectivity index (χ2n) is 29.8. The van der Waals surface area contributed by atoms with Crippen LogP contribution in [0, 0.1) is 29.6 Å². The summed E-state index contributed by atoms with van der Waals surface area (Å²) in [7, 11) is 0. The van der Waals surface area contributed by atoms with Gasteiger partial charge in [-0.3, -0.25) is 91.1 Å². The number of primary amides is 1. The van der Waals surface area contributed by atoms with Crippen LogP contribution in [-0.4, -0.2) is 266 Å². The van der Waals surface area contributed by atoms with E-state index in [9.17, 15) is 127 Å². The lowest BCUT2D eigenvalue weighted by Crippen LogP contribution is -2.62. The van der Waals surface area contributed by atoms with Gasteiger partial charge in [-0.1, -0.05) is 93.9 Å². The highest BCUT2D eigenvalue weighted by Gasteiger charge is 2.39. The number of carboxylic acid groups (broad SMARTS) is 4. The van der Waals surface area contributed by atoms with Crippen molar-refractivity contribution in [2.45, 2.75) is 269 Å². The number of unbranched alkanes of at least 4 members (excludes halogenated alkanes) is 1. The molecule has 44 heteroatoms. The van der Waals surface area contributed by atoms with E-state index >= 15 is 0 Å². The van der Waals surface area contributed by atoms with E-state index in [1.54, 1.807) is 27.7 Å². The molecule has 0 aliphatic heterocycles. The molecule has 15 atom stereocenters. The Kier molecular flexibility index (Phi) is 47.5. The third-order valence-corrected chi connectivity index (χ3v) is 18.7. The molecule has 0 saturated heterocycles. The Hall–Kier alpha value is -10.8. The number of aliphatic hydroxyl groups excluding tert-OH is 2. The fourth-order valence-corrected chi connectivity index (χ4v) is 11.8. The topological polar surface area (TPSA) is 721 Å². The van der Waals surface area contributed by atoms with Gasteiger partial charge < -0.3 is 128 Å². The Morgan fingerprint density at radius 3 is 1.27 bits per heavy atom. The van der Waals surface area contributed by atoms with Crippen LogP contribution in [0.1, 0.15) is 185 Å². The molecule has 1 rings (SSSR count). The number of nitrogens with two attached hydrogens (primary N) is 3. The summed E-state index contributed by atoms with van der Waals surface area (Å²) in [5.41, 5.74) is 17.1. The summed E-state index contributed by atoms with van der Waals surface area (Å²) in [5.74, 6) is -24.7. The van der Waals surface area contributed by atoms with Crippen LogP contribution in [0.25, 0.3) is 0 Å². The van der Waals surface area contributed by atoms with Crippen molar-refractivity contribution in [1.82, 2.24) is 79.8 Å². The zero-order chi connectivity index (χ0) is 88.4. The van der Waals surface area contributed by atoms with Crippen LogP contribution in [0.15, 0.2) is 0 Å². The van der Waals surface area contributed by atoms with Crippen molar-refractivity contribution >= 4 is 118 Å². The Balaban J connectivity index is 3.25. The van der Waals surface area contributed by atoms with Gasteiger partial charge in [0, 0.05) is 19.3 Å². The lowest BCUT2D eigenvalue weighted by atomic mass is 9.85. The molecule has 0 spiro atoms. The molecule has 0 radical (unpaired) electrons. The first kappa shape index (κ1) is 103. The van der Waals surface area contributed by atoms with E-state index in [-0.39, 0.29) is 50.5 Å². The zero-order valence-corrected chi connectivity index (χ0v) is 67.3. The quantitative estimate of drug-likeness (QED) is 0.0252. The highest BCUT2D eigenvalue weighted by atomic mass is 16.4. The number of carboxylic acids is 4. The molecule has 116 heavy (non-hydrogen) atoms. The maximum absolute atomic E-state index is 14.1. The van der Waals surface area contributed by atoms with Gasteiger partial charge in [-0.2, -0.15) is 0 Å². The smallest absolute Gasteiger partial charge is 0.326 e. The van der Waals surface area contributed by atoms with Crippen LogP contribution in [0.3, 0.4) is 0 Å². The number of aliphatic hydroxyl groups is 2. The predicted octanol–water partition coefficient (Wildman–Crippen LogP) is -7.07. The molecule has 0 aromatic heterocycles. The van der Waals surface area contributed by atoms with Crippen LogP contribution in [0.2, 0.25) is 0 Å². The second-order valence-corrected chi connectivity index (χ2v) is 29.8. The molecule has 1 saturated carbocycles. The van der Waals surface area contributed by atoms with Crippen LogP contribution in [0.4, 0.5) is 0 Å². The second kappa shape index (κ2) is 53.4. The molecule has 27 N–H and O–H groups in total. The fraction of sp³-hybridized carbons (Fsp3) is 0.722. The molecular formula is C72H122N18O26. The molecule has 0 unspecified atom stereocenters. The van der Waals surface area contributed by atoms with E-state index in [4.69, 9.17) is 17.2 Å². The molecular weight excluding hydrogens is 1530 g/mol. The average molecular weight is 1660 g/mol. The summed E-state index contributed by atoms with van der Waals surface area (Å²) >= 11 is 0. The maximum Gasteiger partial charge on any atom is 0.326 e. The minimum absolute atomic E-state index is 0.0750. The molecule has 0 bridgehead atoms. The van der Waals surface area contributed by atoms with Gasteiger partial charge in [0.05, 0.1) is 44.8 Å². The Morgan fingerprint density at radius 1 is 0.405 bits per heavy atom. The summed E-state index contributed by atoms with van der Waals surface area (Å²) in [4.78, 5) is 263. The van der Waals surface area contributed by atoms with Crippen molar-refractivity contribution in [1.29, 1.82) is 0 Å². The van der Waals surface area contributed by atoms with Crippen molar-refractivity contribution in [2.24, 2.45) is 46.8 Å². The number of hydrogen-bond donors (Lipinski definition) is 24. The Morgan fingerprint density at radius 2 is 0.810 bits per heavy atom. The molecule has 1 aliphatic rings. The lowest BCUT2D eigenvalue weighted by molar-refractivity contribution is -0.144. The number of carbonyl (C=O) groups is 20. The fourth-order valence-electron chi connectivity index (χ4n) is 11.8. The van der Waals surface area contributed by atoms with Crippen molar-refractivity contribution in [3.63, 3.8) is 0 Å². The number of carbonyl (C=O) groups excluding carboxylic acids is 16. The van der Waals surface area contributed by atoms with E-state index in [0.29, 0.717) is 6.42 Å². The molecule has 656 valence electrons. The van der Waals surface area contributed by atoms with Crippen LogP contribution in [-0.2, 0) is 95.9 Å². The summed E-state index contributed by atoms with van der Waals surface area (Å²) in [6, 6.07) is -20.5. The monoisotopic (exact) mass is 1650 g/mol. The number of nitrogens with one attached hydrogen (secondary N) is 15. The Labute approximate surface area is 671 Å². The first-order chi connectivity index (χ1) is 54.3. The van der Waals surface area contributed by atoms with Gasteiger partial charge in [0.25, 0.3) is 0 Å². The molecule has 0 aromatic rings. The number of rotatable bonds is 56. The minimum atomic E-state index is -1.91. The van der Waals surface area contributed by atoms with Crippen molar-refractivity contribution in [3.8, 4) is 0 Å². The molecule has 1 fully saturated rings. The van der Waals surface area contributed by atoms with Gasteiger partial charge in [-0.25, -0.2) is 4.79 Å². The molecule has 1 aliphatic carbocycles. The first-order valence-corrected chi connectivity index (χ1v) is 38.6. The van der Waals surface area contributed by atoms with Crippen LogP contribution in [0.5, 0.6) is 0 Å². The third-order valence-electron chi connectivity index (χ3n) is 18.7. The normalized spacial score (nSPS) is 16.0. The van der Waals surface area contributed by atoms with Gasteiger partial charge in [-0.05, 0) is 101 Å². The molecule has 44 nitrogen and oxygen atoms in total. The van der Waals surface area contributed by atoms with Crippen molar-refractivity contribution in [3.05, 3.63) is 0 Å². The summed E-state index contributed by atoms with van der Waals surface area (Å²) in [6.45, 7) is 11.5. The highest BCUT2D eigenvalue weighted by molar-refractivity contribution is 6.00. The van der Waals surface area contributed by atoms with Gasteiger partial charge >= 0.3 is 23.9 Å². The molecule has 0 heterocycles. The predicted molar refractivity (Wildman–Crippen MR) is 409 cm³/mol. The first-order valence-electron chi connectivity index (χ1n) is 38.6. The minimum Gasteiger partial charge on any atom is -0.481 e. The number of hydrogen-bond acceptors (Lipinski definition) is 24. The lowest BCUT2D eigenvalue weighted by Gasteiger charge is -2.29. The standard InChI is InChI=1S/C72H122N18O26/c1-11-37(8)58(72(115)116)89-67(110)46(27-34(2)3)81-51(95)31-78-69(112)59(39(10)92)90-68(111)48(33-91)86-70(113)57(36(6)7)88-71(114)56(35(4)5)87-52(96)32-76-60(103)38(9)79-63(106)42(19-15-16-26-73)82-65(108)44(21-24-53(97)98)84-66(109)45(22-25-54(99)100)83-64(107)43(20-23-49(75)93)80-50(94)30-77-62(105)47(29-55(101)102)85-61(104)41(74)28-40-17-13-12-14-18-40/h34-48,56-59,91-92H,11-33,73-74H2,1-10H3,(H2,75,93)(H,76,103)(H,77,105)(H,78,112)(H,79,106)(H,80,94)(H,81,95)(H,82,108)(H,83,107)(H,84,109)(H,85,104)(H,86,113)(H,87,96)(H,88,114)(H,89,110)(H,90,111)(H,97,98)(H,99,100)(H,101,102)(H,115,116)/t37-,38-,39+,41-,42-,43-,44-,45-,46-,47-,48-,56-,57-,58-,59-/m0/s1. The average Bonchev–Trinajstić information content (AvgIpc) is 0.853. The van der Waals surface area contributed by atoms with Gasteiger partial charge in [-0.15, -0.1) is 0 Å². The van der Waals surface area contributed by atoms with Gasteiger partial charge in [0.15, 0.2) is 0 Å². The SMILES string of the molecule is CC[C@H](C)[C@H](NC(=O)[C@H](CC(C)C)NC(=O)CNC(=O)[C@@H](NC(=O)[C@H](CO)NC(=O)[C@@H](NC(=O)[C@@H](NC(=O)CNC(=O)[C@H](C)NC(=O)[C@H](CCCCN)NC(=O)[C@H](CCC(=O)O)NC(=O)[C@H](CCC(=O)O)NC(=O)[C@H](CCC(N)=O)NC(=O)CNC(=O)[C@H](CC(=O)O)NC(=O)[C@@H](N)CC1CCCCC1)C(C)C)C(C)C)[C@@H](C)O)C(=O)O. The molecule has 16 amide bonds. The van der Waals surface area contributed by atoms with E-state index in [1.165, 1.54) is 34.6 Å². The zero-order valence-electron chi connectivity index (χ0n) is 67.3. The van der Waals surface area contributed by atoms with E-state index in [0.717, 1.165) is 39.0 Å². The van der Waals surface area contributed by atoms with Gasteiger partial charge in [0.2, 0.25) is 94.5 Å². The van der Waals surface area contributed by atoms with E-state index < -0.39 is 292 Å². The number of aliphatic carboxylic acids is 4. The maximum atomic E-state index is 14.1. The Bertz CT molecular complexity index is 3390. The van der Waals surface area contributed by atoms with E-state index in [1.807, 2.05) is 0 Å². The number of amides is 16. The van der Waals surface area contributed by atoms with Crippen LogP contribution >= 0.6 is 0 Å². The van der Waals surface area contributed by atoms with E-state index in [2.05, 4.69) is 79.8 Å². The van der Waals surface area contributed by atoms with Crippen molar-refractivity contribution in [2.75, 3.05) is 32.8 Å². The molecule has 0 aromatic carbocycles. The van der Waals surface area contributed by atoms with Gasteiger partial charge in [0.1, 0.15) is 72.5 Å². The summed E-state index contributed by atoms with van der Waals surface area (Å²) in [6.07, 6.45) is -1.29. The van der Waals surface area contributed by atoms with Crippen molar-refractivity contribution < 1.29 is 127 Å². The van der Waals surface area contributed by atoms with Crippen LogP contribution < -0.4 is 97.0 Å². The third kappa shape index (κ3) is 40.0. The summed E-state index contributed by atoms with van der Waals surface area (Å²) < 4.78 is 0. The summed E-state index contributed by atoms with van der Waals surface area (Å²) in [5, 5.41) is 93.9. The highest BCUT2D eigenvalue weighted by Crippen LogP contribution is 2.27. The largest absolute Gasteiger partial charge is 0.481 e.